The van der Waals surface area contributed by atoms with Crippen LogP contribution < -0.4 is 0 Å². The molecular formula is C34H44O6. The Hall–Kier alpha value is -2.58. The van der Waals surface area contributed by atoms with Gasteiger partial charge in [0.25, 0.3) is 0 Å². The third kappa shape index (κ3) is 8.96. The fraction of sp³-hybridized carbons (Fsp3) is 0.471. The lowest BCUT2D eigenvalue weighted by atomic mass is 9.84. The number of hydrogen-bond acceptors (Lipinski definition) is 6. The van der Waals surface area contributed by atoms with Crippen molar-refractivity contribution in [1.82, 2.24) is 0 Å². The maximum absolute atomic E-state index is 11.3. The van der Waals surface area contributed by atoms with E-state index in [-0.39, 0.29) is 6.61 Å². The molecule has 0 bridgehead atoms. The summed E-state index contributed by atoms with van der Waals surface area (Å²) in [6.45, 7) is 3.58. The maximum Gasteiger partial charge on any atom is 0.116 e. The highest BCUT2D eigenvalue weighted by molar-refractivity contribution is 5.16. The largest absolute Gasteiger partial charge is 0.387 e. The molecule has 2 N–H and O–H groups in total. The average Bonchev–Trinajstić information content (AvgIpc) is 3.00. The molecule has 0 aliphatic heterocycles. The summed E-state index contributed by atoms with van der Waals surface area (Å²) in [5.41, 5.74) is 2.98. The zero-order valence-corrected chi connectivity index (χ0v) is 23.5. The number of aliphatic hydroxyl groups excluding tert-OH is 2. The van der Waals surface area contributed by atoms with Crippen molar-refractivity contribution in [3.63, 3.8) is 0 Å². The molecule has 4 rings (SSSR count). The van der Waals surface area contributed by atoms with Crippen LogP contribution in [-0.2, 0) is 38.8 Å². The van der Waals surface area contributed by atoms with E-state index in [2.05, 4.69) is 6.92 Å². The summed E-state index contributed by atoms with van der Waals surface area (Å²) in [5, 5.41) is 22.7. The Morgan fingerprint density at radius 1 is 0.475 bits per heavy atom. The van der Waals surface area contributed by atoms with Crippen molar-refractivity contribution in [1.29, 1.82) is 0 Å². The summed E-state index contributed by atoms with van der Waals surface area (Å²) in [6, 6.07) is 29.6. The first kappa shape index (κ1) is 30.4. The number of benzene rings is 3. The molecule has 3 aromatic carbocycles. The van der Waals surface area contributed by atoms with Gasteiger partial charge in [-0.15, -0.1) is 0 Å². The molecule has 216 valence electrons. The molecule has 0 spiro atoms. The van der Waals surface area contributed by atoms with Gasteiger partial charge in [-0.25, -0.2) is 0 Å². The predicted molar refractivity (Wildman–Crippen MR) is 156 cm³/mol. The minimum atomic E-state index is -1.20. The second-order valence-electron chi connectivity index (χ2n) is 10.5. The van der Waals surface area contributed by atoms with Gasteiger partial charge < -0.3 is 29.2 Å². The Bertz CT molecular complexity index is 1060. The second kappa shape index (κ2) is 16.6. The first-order valence-electron chi connectivity index (χ1n) is 14.6. The van der Waals surface area contributed by atoms with Crippen LogP contribution in [0.15, 0.2) is 91.0 Å². The maximum atomic E-state index is 11.3. The molecule has 1 saturated carbocycles. The van der Waals surface area contributed by atoms with Gasteiger partial charge in [0.2, 0.25) is 0 Å². The molecule has 3 aromatic rings. The number of aliphatic hydroxyl groups is 2. The van der Waals surface area contributed by atoms with E-state index >= 15 is 0 Å². The van der Waals surface area contributed by atoms with E-state index in [1.54, 1.807) is 0 Å². The van der Waals surface area contributed by atoms with Gasteiger partial charge in [0.1, 0.15) is 36.6 Å². The lowest BCUT2D eigenvalue weighted by molar-refractivity contribution is -0.272. The Balaban J connectivity index is 1.55. The number of ether oxygens (including phenoxy) is 4. The van der Waals surface area contributed by atoms with Crippen molar-refractivity contribution in [3.8, 4) is 0 Å². The average molecular weight is 549 g/mol. The van der Waals surface area contributed by atoms with Crippen molar-refractivity contribution in [3.05, 3.63) is 108 Å². The van der Waals surface area contributed by atoms with Crippen LogP contribution in [-0.4, -0.2) is 53.4 Å². The van der Waals surface area contributed by atoms with Crippen LogP contribution in [0.3, 0.4) is 0 Å². The van der Waals surface area contributed by atoms with Crippen molar-refractivity contribution in [2.24, 2.45) is 0 Å². The van der Waals surface area contributed by atoms with Crippen LogP contribution >= 0.6 is 0 Å². The van der Waals surface area contributed by atoms with E-state index in [9.17, 15) is 10.2 Å². The predicted octanol–water partition coefficient (Wildman–Crippen LogP) is 5.83. The van der Waals surface area contributed by atoms with Crippen LogP contribution in [0.1, 0.15) is 55.7 Å². The van der Waals surface area contributed by atoms with Crippen LogP contribution in [0.5, 0.6) is 0 Å². The van der Waals surface area contributed by atoms with Crippen LogP contribution in [0.4, 0.5) is 0 Å². The third-order valence-corrected chi connectivity index (χ3v) is 7.41. The van der Waals surface area contributed by atoms with E-state index in [1.807, 2.05) is 91.0 Å². The molecule has 0 saturated heterocycles. The molecule has 6 atom stereocenters. The zero-order chi connectivity index (χ0) is 28.0. The fourth-order valence-electron chi connectivity index (χ4n) is 5.14. The quantitative estimate of drug-likeness (QED) is 0.219. The minimum Gasteiger partial charge on any atom is -0.387 e. The highest BCUT2D eigenvalue weighted by Crippen LogP contribution is 2.32. The highest BCUT2D eigenvalue weighted by Gasteiger charge is 2.52. The molecule has 0 amide bonds. The van der Waals surface area contributed by atoms with E-state index in [0.29, 0.717) is 19.8 Å². The molecule has 0 heterocycles. The summed E-state index contributed by atoms with van der Waals surface area (Å²) in [5.74, 6) is 0. The Morgan fingerprint density at radius 2 is 0.850 bits per heavy atom. The summed E-state index contributed by atoms with van der Waals surface area (Å²) in [7, 11) is 0. The first-order chi connectivity index (χ1) is 19.7. The van der Waals surface area contributed by atoms with Crippen molar-refractivity contribution in [2.45, 2.75) is 95.5 Å². The van der Waals surface area contributed by atoms with E-state index in [1.165, 1.54) is 12.8 Å². The molecular weight excluding hydrogens is 504 g/mol. The highest BCUT2D eigenvalue weighted by atomic mass is 16.6. The standard InChI is InChI=1S/C34H44O6/c1-2-3-4-5-15-22-37-31-29(35)30(36)32(38-23-26-16-9-6-10-17-26)34(40-25-28-20-13-8-14-21-28)33(31)39-24-27-18-11-7-12-19-27/h6-14,16-21,29-36H,2-5,15,22-25H2,1H3. The first-order valence-corrected chi connectivity index (χ1v) is 14.6. The van der Waals surface area contributed by atoms with Crippen molar-refractivity contribution >= 4 is 0 Å². The Labute approximate surface area is 238 Å². The molecule has 0 radical (unpaired) electrons. The summed E-state index contributed by atoms with van der Waals surface area (Å²) in [4.78, 5) is 0. The van der Waals surface area contributed by atoms with Gasteiger partial charge in [-0.05, 0) is 23.1 Å². The summed E-state index contributed by atoms with van der Waals surface area (Å²) < 4.78 is 25.5. The van der Waals surface area contributed by atoms with Gasteiger partial charge in [-0.3, -0.25) is 0 Å². The molecule has 6 nitrogen and oxygen atoms in total. The van der Waals surface area contributed by atoms with Gasteiger partial charge in [0.15, 0.2) is 0 Å². The second-order valence-corrected chi connectivity index (χ2v) is 10.5. The third-order valence-electron chi connectivity index (χ3n) is 7.41. The minimum absolute atomic E-state index is 0.273. The number of hydrogen-bond donors (Lipinski definition) is 2. The monoisotopic (exact) mass is 548 g/mol. The summed E-state index contributed by atoms with van der Waals surface area (Å²) >= 11 is 0. The molecule has 1 fully saturated rings. The van der Waals surface area contributed by atoms with E-state index in [4.69, 9.17) is 18.9 Å². The van der Waals surface area contributed by atoms with Gasteiger partial charge in [-0.1, -0.05) is 124 Å². The van der Waals surface area contributed by atoms with E-state index < -0.39 is 36.6 Å². The van der Waals surface area contributed by atoms with Gasteiger partial charge in [-0.2, -0.15) is 0 Å². The van der Waals surface area contributed by atoms with Gasteiger partial charge in [0, 0.05) is 6.61 Å². The van der Waals surface area contributed by atoms with Crippen molar-refractivity contribution < 1.29 is 29.2 Å². The molecule has 6 unspecified atom stereocenters. The smallest absolute Gasteiger partial charge is 0.116 e. The number of unbranched alkanes of at least 4 members (excludes halogenated alkanes) is 4. The SMILES string of the molecule is CCCCCCCOC1C(O)C(O)C(OCc2ccccc2)C(OCc2ccccc2)C1OCc1ccccc1. The van der Waals surface area contributed by atoms with Crippen molar-refractivity contribution in [2.75, 3.05) is 6.61 Å². The number of rotatable bonds is 16. The van der Waals surface area contributed by atoms with Crippen LogP contribution in [0.2, 0.25) is 0 Å². The summed E-state index contributed by atoms with van der Waals surface area (Å²) in [6.07, 6.45) is 0.181. The molecule has 40 heavy (non-hydrogen) atoms. The topological polar surface area (TPSA) is 77.4 Å². The van der Waals surface area contributed by atoms with Gasteiger partial charge in [0.05, 0.1) is 19.8 Å². The molecule has 6 heteroatoms. The normalized spacial score (nSPS) is 24.7. The molecule has 1 aliphatic carbocycles. The van der Waals surface area contributed by atoms with Crippen LogP contribution in [0.25, 0.3) is 0 Å². The van der Waals surface area contributed by atoms with Crippen LogP contribution in [0, 0.1) is 0 Å². The fourth-order valence-corrected chi connectivity index (χ4v) is 5.14. The lowest BCUT2D eigenvalue weighted by Gasteiger charge is -2.47. The van der Waals surface area contributed by atoms with Gasteiger partial charge >= 0.3 is 0 Å². The Kier molecular flexibility index (Phi) is 12.6. The zero-order valence-electron chi connectivity index (χ0n) is 23.5. The lowest BCUT2D eigenvalue weighted by Crippen LogP contribution is -2.66. The van der Waals surface area contributed by atoms with E-state index in [0.717, 1.165) is 36.0 Å². The molecule has 1 aliphatic rings. The molecule has 0 aromatic heterocycles. The Morgan fingerprint density at radius 3 is 1.27 bits per heavy atom.